The molecule has 144 valence electrons. The van der Waals surface area contributed by atoms with Crippen molar-refractivity contribution in [2.24, 2.45) is 0 Å². The maximum Gasteiger partial charge on any atom is 0.137 e. The predicted molar refractivity (Wildman–Crippen MR) is 124 cm³/mol. The quantitative estimate of drug-likeness (QED) is 0.309. The summed E-state index contributed by atoms with van der Waals surface area (Å²) >= 11 is 0. The summed E-state index contributed by atoms with van der Waals surface area (Å²) in [6.45, 7) is 8.95. The Kier molecular flexibility index (Phi) is 3.92. The largest absolute Gasteiger partial charge is 0.456 e. The van der Waals surface area contributed by atoms with Crippen LogP contribution in [0.4, 0.5) is 11.4 Å². The molecule has 0 spiro atoms. The van der Waals surface area contributed by atoms with Gasteiger partial charge in [0.25, 0.3) is 0 Å². The third-order valence-electron chi connectivity index (χ3n) is 5.52. The molecule has 0 radical (unpaired) electrons. The Bertz CT molecular complexity index is 1350. The van der Waals surface area contributed by atoms with Crippen molar-refractivity contribution < 1.29 is 4.42 Å². The molecule has 2 nitrogen and oxygen atoms in total. The fraction of sp³-hybridized carbons (Fsp3) is 0.185. The van der Waals surface area contributed by atoms with E-state index in [2.05, 4.69) is 99.3 Å². The first-order valence-corrected chi connectivity index (χ1v) is 10.1. The number of benzene rings is 4. The molecule has 0 atom stereocenters. The van der Waals surface area contributed by atoms with Gasteiger partial charge in [0.2, 0.25) is 0 Å². The third kappa shape index (κ3) is 2.87. The van der Waals surface area contributed by atoms with E-state index in [1.54, 1.807) is 0 Å². The van der Waals surface area contributed by atoms with Crippen LogP contribution in [0.2, 0.25) is 0 Å². The standard InChI is InChI=1S/C27H25NO/c1-18-16-23(26-21-13-7-8-15-24(21)29-25(26)17-18)28(27(2,3)4)22-14-9-11-19-10-5-6-12-20(19)22/h5-17H,1-4H3. The molecule has 29 heavy (non-hydrogen) atoms. The predicted octanol–water partition coefficient (Wildman–Crippen LogP) is 7.98. The molecule has 0 aliphatic carbocycles. The van der Waals surface area contributed by atoms with E-state index in [4.69, 9.17) is 4.42 Å². The van der Waals surface area contributed by atoms with Crippen LogP contribution in [0.15, 0.2) is 83.3 Å². The summed E-state index contributed by atoms with van der Waals surface area (Å²) in [6.07, 6.45) is 0. The van der Waals surface area contributed by atoms with E-state index < -0.39 is 0 Å². The molecule has 0 aliphatic heterocycles. The number of furan rings is 1. The minimum Gasteiger partial charge on any atom is -0.456 e. The number of aryl methyl sites for hydroxylation is 1. The van der Waals surface area contributed by atoms with Crippen molar-refractivity contribution in [2.75, 3.05) is 4.90 Å². The van der Waals surface area contributed by atoms with Gasteiger partial charge in [0, 0.05) is 22.0 Å². The number of hydrogen-bond donors (Lipinski definition) is 0. The lowest BCUT2D eigenvalue weighted by Gasteiger charge is -2.39. The van der Waals surface area contributed by atoms with Gasteiger partial charge < -0.3 is 9.32 Å². The van der Waals surface area contributed by atoms with Gasteiger partial charge in [0.15, 0.2) is 0 Å². The van der Waals surface area contributed by atoms with Crippen LogP contribution in [0.5, 0.6) is 0 Å². The Hall–Kier alpha value is -3.26. The van der Waals surface area contributed by atoms with E-state index >= 15 is 0 Å². The van der Waals surface area contributed by atoms with Crippen LogP contribution < -0.4 is 4.90 Å². The van der Waals surface area contributed by atoms with Gasteiger partial charge in [-0.15, -0.1) is 0 Å². The Labute approximate surface area is 171 Å². The zero-order valence-electron chi connectivity index (χ0n) is 17.4. The average molecular weight is 380 g/mol. The summed E-state index contributed by atoms with van der Waals surface area (Å²) in [7, 11) is 0. The Morgan fingerprint density at radius 2 is 1.38 bits per heavy atom. The lowest BCUT2D eigenvalue weighted by molar-refractivity contribution is 0.562. The Morgan fingerprint density at radius 1 is 0.690 bits per heavy atom. The average Bonchev–Trinajstić information content (AvgIpc) is 3.05. The number of anilines is 2. The molecule has 0 saturated carbocycles. The second-order valence-electron chi connectivity index (χ2n) is 8.76. The molecule has 0 amide bonds. The first kappa shape index (κ1) is 17.8. The zero-order valence-corrected chi connectivity index (χ0v) is 17.4. The van der Waals surface area contributed by atoms with Crippen LogP contribution in [-0.2, 0) is 0 Å². The monoisotopic (exact) mass is 379 g/mol. The number of hydrogen-bond acceptors (Lipinski definition) is 2. The van der Waals surface area contributed by atoms with E-state index in [9.17, 15) is 0 Å². The zero-order chi connectivity index (χ0) is 20.2. The second kappa shape index (κ2) is 6.38. The maximum atomic E-state index is 6.23. The minimum absolute atomic E-state index is 0.122. The second-order valence-corrected chi connectivity index (χ2v) is 8.76. The summed E-state index contributed by atoms with van der Waals surface area (Å²) in [5, 5.41) is 4.84. The van der Waals surface area contributed by atoms with Gasteiger partial charge in [0.1, 0.15) is 11.2 Å². The Morgan fingerprint density at radius 3 is 2.17 bits per heavy atom. The van der Waals surface area contributed by atoms with Crippen molar-refractivity contribution in [3.05, 3.63) is 84.4 Å². The van der Waals surface area contributed by atoms with Gasteiger partial charge in [0.05, 0.1) is 11.1 Å². The molecule has 2 heteroatoms. The van der Waals surface area contributed by atoms with Crippen LogP contribution in [-0.4, -0.2) is 5.54 Å². The highest BCUT2D eigenvalue weighted by molar-refractivity contribution is 6.13. The molecular formula is C27H25NO. The molecule has 0 saturated heterocycles. The summed E-state index contributed by atoms with van der Waals surface area (Å²) in [5.74, 6) is 0. The van der Waals surface area contributed by atoms with Crippen molar-refractivity contribution in [3.63, 3.8) is 0 Å². The number of nitrogens with zero attached hydrogens (tertiary/aromatic N) is 1. The van der Waals surface area contributed by atoms with Crippen molar-refractivity contribution in [3.8, 4) is 0 Å². The first-order chi connectivity index (χ1) is 13.9. The molecule has 5 aromatic rings. The number of rotatable bonds is 2. The van der Waals surface area contributed by atoms with Gasteiger partial charge >= 0.3 is 0 Å². The minimum atomic E-state index is -0.122. The summed E-state index contributed by atoms with van der Waals surface area (Å²) in [4.78, 5) is 2.46. The Balaban J connectivity index is 1.91. The first-order valence-electron chi connectivity index (χ1n) is 10.1. The van der Waals surface area contributed by atoms with Gasteiger partial charge in [-0.05, 0) is 62.9 Å². The SMILES string of the molecule is Cc1cc(N(c2cccc3ccccc23)C(C)(C)C)c2c(c1)oc1ccccc12. The topological polar surface area (TPSA) is 16.4 Å². The van der Waals surface area contributed by atoms with Crippen molar-refractivity contribution in [1.29, 1.82) is 0 Å². The lowest BCUT2D eigenvalue weighted by atomic mass is 9.97. The van der Waals surface area contributed by atoms with Crippen LogP contribution in [0.1, 0.15) is 26.3 Å². The van der Waals surface area contributed by atoms with Gasteiger partial charge in [-0.1, -0.05) is 54.6 Å². The van der Waals surface area contributed by atoms with E-state index in [-0.39, 0.29) is 5.54 Å². The number of para-hydroxylation sites is 1. The molecule has 4 aromatic carbocycles. The summed E-state index contributed by atoms with van der Waals surface area (Å²) in [6, 6.07) is 27.9. The smallest absolute Gasteiger partial charge is 0.137 e. The third-order valence-corrected chi connectivity index (χ3v) is 5.52. The summed E-state index contributed by atoms with van der Waals surface area (Å²) < 4.78 is 6.23. The van der Waals surface area contributed by atoms with Crippen LogP contribution in [0.3, 0.4) is 0 Å². The van der Waals surface area contributed by atoms with Crippen LogP contribution >= 0.6 is 0 Å². The number of fused-ring (bicyclic) bond motifs is 4. The van der Waals surface area contributed by atoms with E-state index in [0.29, 0.717) is 0 Å². The molecule has 0 fully saturated rings. The molecule has 0 bridgehead atoms. The molecule has 1 aromatic heterocycles. The fourth-order valence-corrected chi connectivity index (χ4v) is 4.40. The lowest BCUT2D eigenvalue weighted by Crippen LogP contribution is -2.37. The summed E-state index contributed by atoms with van der Waals surface area (Å²) in [5.41, 5.74) is 5.35. The van der Waals surface area contributed by atoms with E-state index in [1.807, 2.05) is 12.1 Å². The highest BCUT2D eigenvalue weighted by atomic mass is 16.3. The molecule has 0 N–H and O–H groups in total. The van der Waals surface area contributed by atoms with Crippen LogP contribution in [0.25, 0.3) is 32.7 Å². The normalized spacial score (nSPS) is 12.1. The highest BCUT2D eigenvalue weighted by Gasteiger charge is 2.28. The molecule has 5 rings (SSSR count). The molecular weight excluding hydrogens is 354 g/mol. The molecule has 1 heterocycles. The fourth-order valence-electron chi connectivity index (χ4n) is 4.40. The van der Waals surface area contributed by atoms with Crippen molar-refractivity contribution in [2.45, 2.75) is 33.2 Å². The van der Waals surface area contributed by atoms with E-state index in [0.717, 1.165) is 16.6 Å². The van der Waals surface area contributed by atoms with Gasteiger partial charge in [-0.3, -0.25) is 0 Å². The highest BCUT2D eigenvalue weighted by Crippen LogP contribution is 2.44. The molecule has 0 aliphatic rings. The van der Waals surface area contributed by atoms with Crippen LogP contribution in [0, 0.1) is 6.92 Å². The van der Waals surface area contributed by atoms with E-state index in [1.165, 1.54) is 33.1 Å². The van der Waals surface area contributed by atoms with Gasteiger partial charge in [-0.25, -0.2) is 0 Å². The van der Waals surface area contributed by atoms with Crippen molar-refractivity contribution >= 4 is 44.1 Å². The molecule has 0 unspecified atom stereocenters. The maximum absolute atomic E-state index is 6.23. The van der Waals surface area contributed by atoms with Crippen molar-refractivity contribution in [1.82, 2.24) is 0 Å². The van der Waals surface area contributed by atoms with Gasteiger partial charge in [-0.2, -0.15) is 0 Å².